The van der Waals surface area contributed by atoms with Gasteiger partial charge in [-0.2, -0.15) is 0 Å². The van der Waals surface area contributed by atoms with Crippen LogP contribution in [0.5, 0.6) is 0 Å². The van der Waals surface area contributed by atoms with Crippen LogP contribution in [0.2, 0.25) is 0 Å². The average molecular weight is 130 g/mol. The van der Waals surface area contributed by atoms with Gasteiger partial charge in [0.05, 0.1) is 5.55 Å². The van der Waals surface area contributed by atoms with Gasteiger partial charge < -0.3 is 10.7 Å². The van der Waals surface area contributed by atoms with Crippen molar-refractivity contribution in [1.29, 1.82) is 5.41 Å². The monoisotopic (exact) mass is 130 g/mol. The molecule has 46 valence electrons. The molecule has 3 heteroatoms. The molecule has 0 aliphatic carbocycles. The van der Waals surface area contributed by atoms with E-state index in [0.29, 0.717) is 0 Å². The van der Waals surface area contributed by atoms with Gasteiger partial charge in [-0.3, -0.25) is 0 Å². The topological polar surface area (TPSA) is 35.9 Å². The normalized spacial score (nSPS) is 11.0. The quantitative estimate of drug-likeness (QED) is 0.447. The molecule has 0 fully saturated rings. The third-order valence-corrected chi connectivity index (χ3v) is 1.33. The molecule has 0 amide bonds. The fourth-order valence-corrected chi connectivity index (χ4v) is 0.585. The molecular formula is C5H10N2S. The molecule has 2 N–H and O–H groups in total. The Labute approximate surface area is 53.9 Å². The second kappa shape index (κ2) is 4.71. The van der Waals surface area contributed by atoms with E-state index in [1.54, 1.807) is 0 Å². The molecule has 0 unspecified atom stereocenters. The Morgan fingerprint density at radius 3 is 2.75 bits per heavy atom. The standard InChI is InChI=1S/C5H10N2S/c1-5(7-2)3-8-4-6/h3-4,6-7H,1-2H3/b5-3+,6-4?. The first kappa shape index (κ1) is 7.56. The fraction of sp³-hybridized carbons (Fsp3) is 0.400. The van der Waals surface area contributed by atoms with E-state index in [0.717, 1.165) is 5.70 Å². The van der Waals surface area contributed by atoms with Gasteiger partial charge in [-0.15, -0.1) is 0 Å². The van der Waals surface area contributed by atoms with Crippen molar-refractivity contribution in [2.24, 2.45) is 0 Å². The van der Waals surface area contributed by atoms with Crippen LogP contribution in [0.25, 0.3) is 0 Å². The first-order valence-electron chi connectivity index (χ1n) is 2.30. The van der Waals surface area contributed by atoms with Crippen LogP contribution in [-0.4, -0.2) is 12.6 Å². The maximum Gasteiger partial charge on any atom is 0.0549 e. The van der Waals surface area contributed by atoms with Crippen LogP contribution < -0.4 is 5.32 Å². The number of hydrogen-bond acceptors (Lipinski definition) is 3. The Bertz CT molecular complexity index is 98.6. The maximum atomic E-state index is 6.64. The van der Waals surface area contributed by atoms with Gasteiger partial charge in [0.25, 0.3) is 0 Å². The highest BCUT2D eigenvalue weighted by molar-refractivity contribution is 8.14. The smallest absolute Gasteiger partial charge is 0.0549 e. The number of hydrogen-bond donors (Lipinski definition) is 2. The summed E-state index contributed by atoms with van der Waals surface area (Å²) in [6.45, 7) is 1.95. The van der Waals surface area contributed by atoms with Gasteiger partial charge in [0.2, 0.25) is 0 Å². The van der Waals surface area contributed by atoms with Gasteiger partial charge in [0.1, 0.15) is 0 Å². The molecule has 0 heterocycles. The summed E-state index contributed by atoms with van der Waals surface area (Å²) >= 11 is 1.36. The molecule has 0 rings (SSSR count). The Morgan fingerprint density at radius 1 is 1.75 bits per heavy atom. The summed E-state index contributed by atoms with van der Waals surface area (Å²) in [7, 11) is 1.86. The van der Waals surface area contributed by atoms with Crippen molar-refractivity contribution in [1.82, 2.24) is 5.32 Å². The highest BCUT2D eigenvalue weighted by Crippen LogP contribution is 1.98. The number of allylic oxidation sites excluding steroid dienone is 1. The van der Waals surface area contributed by atoms with E-state index in [1.807, 2.05) is 19.4 Å². The summed E-state index contributed by atoms with van der Waals surface area (Å²) < 4.78 is 0. The molecule has 8 heavy (non-hydrogen) atoms. The molecule has 0 radical (unpaired) electrons. The highest BCUT2D eigenvalue weighted by atomic mass is 32.2. The molecule has 0 aliphatic heterocycles. The second-order valence-electron chi connectivity index (χ2n) is 1.30. The van der Waals surface area contributed by atoms with Gasteiger partial charge >= 0.3 is 0 Å². The highest BCUT2D eigenvalue weighted by Gasteiger charge is 1.76. The minimum Gasteiger partial charge on any atom is -0.391 e. The van der Waals surface area contributed by atoms with Crippen molar-refractivity contribution in [2.75, 3.05) is 7.05 Å². The van der Waals surface area contributed by atoms with E-state index in [-0.39, 0.29) is 0 Å². The predicted octanol–water partition coefficient (Wildman–Crippen LogP) is 1.41. The molecule has 0 saturated heterocycles. The van der Waals surface area contributed by atoms with Gasteiger partial charge in [0.15, 0.2) is 0 Å². The lowest BCUT2D eigenvalue weighted by Crippen LogP contribution is -1.99. The van der Waals surface area contributed by atoms with E-state index in [2.05, 4.69) is 5.32 Å². The molecule has 0 aromatic heterocycles. The van der Waals surface area contributed by atoms with Crippen molar-refractivity contribution in [3.05, 3.63) is 11.1 Å². The van der Waals surface area contributed by atoms with E-state index in [1.165, 1.54) is 17.3 Å². The van der Waals surface area contributed by atoms with Gasteiger partial charge in [-0.1, -0.05) is 11.8 Å². The van der Waals surface area contributed by atoms with Crippen molar-refractivity contribution in [3.8, 4) is 0 Å². The van der Waals surface area contributed by atoms with Crippen LogP contribution >= 0.6 is 11.8 Å². The lowest BCUT2D eigenvalue weighted by atomic mass is 10.6. The van der Waals surface area contributed by atoms with Gasteiger partial charge in [-0.05, 0) is 12.3 Å². The summed E-state index contributed by atoms with van der Waals surface area (Å²) in [5.41, 5.74) is 2.37. The SMILES string of the molecule is CN/C(C)=C/SC=N. The molecule has 0 spiro atoms. The average Bonchev–Trinajstić information content (AvgIpc) is 1.83. The van der Waals surface area contributed by atoms with E-state index >= 15 is 0 Å². The number of rotatable bonds is 3. The minimum atomic E-state index is 1.08. The zero-order valence-corrected chi connectivity index (χ0v) is 5.88. The summed E-state index contributed by atoms with van der Waals surface area (Å²) in [5.74, 6) is 0. The molecule has 0 aromatic carbocycles. The zero-order valence-electron chi connectivity index (χ0n) is 5.06. The maximum absolute atomic E-state index is 6.64. The van der Waals surface area contributed by atoms with Gasteiger partial charge in [-0.25, -0.2) is 0 Å². The van der Waals surface area contributed by atoms with Crippen LogP contribution in [0.1, 0.15) is 6.92 Å². The molecule has 0 aliphatic rings. The summed E-state index contributed by atoms with van der Waals surface area (Å²) in [4.78, 5) is 0. The molecular weight excluding hydrogens is 120 g/mol. The van der Waals surface area contributed by atoms with Crippen molar-refractivity contribution >= 4 is 17.3 Å². The van der Waals surface area contributed by atoms with Crippen LogP contribution in [0.15, 0.2) is 11.1 Å². The van der Waals surface area contributed by atoms with Crippen molar-refractivity contribution in [3.63, 3.8) is 0 Å². The molecule has 0 aromatic rings. The summed E-state index contributed by atoms with van der Waals surface area (Å²) in [5, 5.41) is 11.5. The fourth-order valence-electron chi connectivity index (χ4n) is 0.195. The largest absolute Gasteiger partial charge is 0.391 e. The molecule has 0 saturated carbocycles. The van der Waals surface area contributed by atoms with Crippen molar-refractivity contribution in [2.45, 2.75) is 6.92 Å². The summed E-state index contributed by atoms with van der Waals surface area (Å²) in [6.07, 6.45) is 0. The lowest BCUT2D eigenvalue weighted by Gasteiger charge is -1.93. The zero-order chi connectivity index (χ0) is 6.41. The molecule has 0 atom stereocenters. The Hall–Kier alpha value is -0.440. The Morgan fingerprint density at radius 2 is 2.38 bits per heavy atom. The summed E-state index contributed by atoms with van der Waals surface area (Å²) in [6, 6.07) is 0. The van der Waals surface area contributed by atoms with Crippen LogP contribution in [0, 0.1) is 5.41 Å². The molecule has 2 nitrogen and oxygen atoms in total. The van der Waals surface area contributed by atoms with E-state index in [4.69, 9.17) is 5.41 Å². The Kier molecular flexibility index (Phi) is 4.45. The van der Waals surface area contributed by atoms with E-state index < -0.39 is 0 Å². The third kappa shape index (κ3) is 3.74. The van der Waals surface area contributed by atoms with E-state index in [9.17, 15) is 0 Å². The van der Waals surface area contributed by atoms with Gasteiger partial charge in [0, 0.05) is 12.7 Å². The van der Waals surface area contributed by atoms with Crippen molar-refractivity contribution < 1.29 is 0 Å². The minimum absolute atomic E-state index is 1.08. The van der Waals surface area contributed by atoms with Crippen LogP contribution in [0.4, 0.5) is 0 Å². The van der Waals surface area contributed by atoms with Crippen LogP contribution in [-0.2, 0) is 0 Å². The number of thioether (sulfide) groups is 1. The first-order valence-corrected chi connectivity index (χ1v) is 3.24. The number of nitrogens with one attached hydrogen (secondary N) is 2. The third-order valence-electron chi connectivity index (χ3n) is 0.707. The Balaban J connectivity index is 3.40. The van der Waals surface area contributed by atoms with Crippen LogP contribution in [0.3, 0.4) is 0 Å². The predicted molar refractivity (Wildman–Crippen MR) is 39.2 cm³/mol. The second-order valence-corrected chi connectivity index (χ2v) is 2.05. The first-order chi connectivity index (χ1) is 3.81. The lowest BCUT2D eigenvalue weighted by molar-refractivity contribution is 0.996. The molecule has 0 bridgehead atoms.